The lowest BCUT2D eigenvalue weighted by Crippen LogP contribution is -2.30. The second-order valence-electron chi connectivity index (χ2n) is 4.17. The van der Waals surface area contributed by atoms with Gasteiger partial charge in [-0.1, -0.05) is 49.8 Å². The Morgan fingerprint density at radius 1 is 1.27 bits per heavy atom. The molecule has 0 aromatic heterocycles. The Morgan fingerprint density at radius 3 is 2.45 bits per heavy atom. The van der Waals surface area contributed by atoms with E-state index in [1.807, 2.05) is 0 Å². The summed E-state index contributed by atoms with van der Waals surface area (Å²) in [6.07, 6.45) is 4.29. The quantitative estimate of drug-likeness (QED) is 0.499. The fourth-order valence-corrected chi connectivity index (χ4v) is 3.46. The van der Waals surface area contributed by atoms with E-state index < -0.39 is 0 Å². The summed E-state index contributed by atoms with van der Waals surface area (Å²) in [6, 6.07) is 0. The topological polar surface area (TPSA) is 0 Å². The first-order valence-corrected chi connectivity index (χ1v) is 6.03. The molecule has 4 atom stereocenters. The number of hydrogen-bond acceptors (Lipinski definition) is 0. The van der Waals surface area contributed by atoms with E-state index in [1.165, 1.54) is 19.3 Å². The van der Waals surface area contributed by atoms with Gasteiger partial charge in [0.2, 0.25) is 0 Å². The Kier molecular flexibility index (Phi) is 3.66. The van der Waals surface area contributed by atoms with Gasteiger partial charge in [0.1, 0.15) is 0 Å². The van der Waals surface area contributed by atoms with Crippen LogP contribution >= 0.6 is 22.6 Å². The van der Waals surface area contributed by atoms with Crippen LogP contribution in [0.25, 0.3) is 0 Å². The third kappa shape index (κ3) is 2.33. The Hall–Kier alpha value is 0.730. The van der Waals surface area contributed by atoms with Crippen LogP contribution < -0.4 is 0 Å². The molecule has 0 aromatic rings. The van der Waals surface area contributed by atoms with Crippen LogP contribution in [0.4, 0.5) is 0 Å². The van der Waals surface area contributed by atoms with Gasteiger partial charge in [0.25, 0.3) is 0 Å². The minimum absolute atomic E-state index is 0.939. The van der Waals surface area contributed by atoms with Crippen LogP contribution in [0.5, 0.6) is 0 Å². The third-order valence-electron chi connectivity index (χ3n) is 3.00. The standard InChI is InChI=1S/C10H19I/c1-4-9-6-7(2)5-8(3)10(9)11/h7-10H,4-6H2,1-3H3/t7?,8?,9-,10?/m1/s1. The molecule has 0 nitrogen and oxygen atoms in total. The van der Waals surface area contributed by atoms with Crippen molar-refractivity contribution in [3.05, 3.63) is 0 Å². The van der Waals surface area contributed by atoms with Crippen molar-refractivity contribution < 1.29 is 0 Å². The van der Waals surface area contributed by atoms with Gasteiger partial charge in [0.05, 0.1) is 0 Å². The zero-order valence-corrected chi connectivity index (χ0v) is 9.97. The van der Waals surface area contributed by atoms with Gasteiger partial charge in [-0.2, -0.15) is 0 Å². The van der Waals surface area contributed by atoms with Crippen LogP contribution in [-0.2, 0) is 0 Å². The van der Waals surface area contributed by atoms with Crippen LogP contribution in [0.1, 0.15) is 40.0 Å². The number of hydrogen-bond donors (Lipinski definition) is 0. The molecule has 1 saturated carbocycles. The summed E-state index contributed by atoms with van der Waals surface area (Å²) in [5.74, 6) is 2.92. The van der Waals surface area contributed by atoms with Gasteiger partial charge < -0.3 is 0 Å². The van der Waals surface area contributed by atoms with E-state index in [2.05, 4.69) is 43.4 Å². The van der Waals surface area contributed by atoms with E-state index in [0.29, 0.717) is 0 Å². The first-order chi connectivity index (χ1) is 5.15. The Bertz CT molecular complexity index is 122. The van der Waals surface area contributed by atoms with E-state index in [9.17, 15) is 0 Å². The fourth-order valence-electron chi connectivity index (χ4n) is 2.36. The smallest absolute Gasteiger partial charge is 0.0164 e. The number of rotatable bonds is 1. The highest BCUT2D eigenvalue weighted by atomic mass is 127. The summed E-state index contributed by atoms with van der Waals surface area (Å²) in [5, 5.41) is 0. The highest BCUT2D eigenvalue weighted by Crippen LogP contribution is 2.39. The van der Waals surface area contributed by atoms with Crippen LogP contribution in [0, 0.1) is 17.8 Å². The molecule has 0 amide bonds. The van der Waals surface area contributed by atoms with Crippen molar-refractivity contribution in [2.45, 2.75) is 44.0 Å². The molecule has 1 heteroatoms. The van der Waals surface area contributed by atoms with Crippen LogP contribution in [0.15, 0.2) is 0 Å². The van der Waals surface area contributed by atoms with Crippen LogP contribution in [0.2, 0.25) is 0 Å². The second kappa shape index (κ2) is 4.11. The lowest BCUT2D eigenvalue weighted by molar-refractivity contribution is 0.233. The average molecular weight is 266 g/mol. The molecular formula is C10H19I. The summed E-state index contributed by atoms with van der Waals surface area (Å²) in [6.45, 7) is 7.15. The maximum atomic E-state index is 2.65. The zero-order valence-electron chi connectivity index (χ0n) is 7.81. The van der Waals surface area contributed by atoms with Gasteiger partial charge in [-0.25, -0.2) is 0 Å². The van der Waals surface area contributed by atoms with Crippen molar-refractivity contribution >= 4 is 22.6 Å². The minimum atomic E-state index is 0.939. The Morgan fingerprint density at radius 2 is 1.91 bits per heavy atom. The normalized spacial score (nSPS) is 45.8. The third-order valence-corrected chi connectivity index (χ3v) is 5.24. The van der Waals surface area contributed by atoms with Gasteiger partial charge >= 0.3 is 0 Å². The molecule has 0 heterocycles. The summed E-state index contributed by atoms with van der Waals surface area (Å²) >= 11 is 2.65. The molecule has 0 aliphatic heterocycles. The summed E-state index contributed by atoms with van der Waals surface area (Å²) < 4.78 is 0.939. The van der Waals surface area contributed by atoms with Crippen molar-refractivity contribution in [2.24, 2.45) is 17.8 Å². The van der Waals surface area contributed by atoms with E-state index in [0.717, 1.165) is 21.7 Å². The predicted molar refractivity (Wildman–Crippen MR) is 59.2 cm³/mol. The minimum Gasteiger partial charge on any atom is -0.0820 e. The Labute approximate surface area is 84.3 Å². The average Bonchev–Trinajstić information content (AvgIpc) is 1.96. The van der Waals surface area contributed by atoms with E-state index in [4.69, 9.17) is 0 Å². The van der Waals surface area contributed by atoms with Crippen molar-refractivity contribution in [1.29, 1.82) is 0 Å². The molecule has 0 saturated heterocycles. The predicted octanol–water partition coefficient (Wildman–Crippen LogP) is 3.88. The lowest BCUT2D eigenvalue weighted by atomic mass is 9.76. The zero-order chi connectivity index (χ0) is 8.43. The molecule has 1 fully saturated rings. The lowest BCUT2D eigenvalue weighted by Gasteiger charge is -2.36. The van der Waals surface area contributed by atoms with Gasteiger partial charge in [-0.3, -0.25) is 0 Å². The number of alkyl halides is 1. The molecule has 3 unspecified atom stereocenters. The molecular weight excluding hydrogens is 247 g/mol. The van der Waals surface area contributed by atoms with Crippen molar-refractivity contribution in [1.82, 2.24) is 0 Å². The first kappa shape index (κ1) is 9.82. The molecule has 66 valence electrons. The molecule has 1 aliphatic carbocycles. The fraction of sp³-hybridized carbons (Fsp3) is 1.00. The van der Waals surface area contributed by atoms with Gasteiger partial charge in [-0.15, -0.1) is 0 Å². The van der Waals surface area contributed by atoms with Crippen LogP contribution in [-0.4, -0.2) is 3.92 Å². The maximum absolute atomic E-state index is 2.65. The summed E-state index contributed by atoms with van der Waals surface area (Å²) in [4.78, 5) is 0. The molecule has 11 heavy (non-hydrogen) atoms. The first-order valence-electron chi connectivity index (χ1n) is 4.79. The SMILES string of the molecule is CC[C@@H]1CC(C)CC(C)C1I. The monoisotopic (exact) mass is 266 g/mol. The van der Waals surface area contributed by atoms with E-state index in [-0.39, 0.29) is 0 Å². The largest absolute Gasteiger partial charge is 0.0820 e. The molecule has 0 spiro atoms. The summed E-state index contributed by atoms with van der Waals surface area (Å²) in [5.41, 5.74) is 0. The molecule has 0 radical (unpaired) electrons. The maximum Gasteiger partial charge on any atom is 0.0164 e. The van der Waals surface area contributed by atoms with E-state index >= 15 is 0 Å². The molecule has 0 bridgehead atoms. The van der Waals surface area contributed by atoms with Crippen molar-refractivity contribution in [3.63, 3.8) is 0 Å². The van der Waals surface area contributed by atoms with Gasteiger partial charge in [-0.05, 0) is 30.6 Å². The molecule has 1 rings (SSSR count). The van der Waals surface area contributed by atoms with Gasteiger partial charge in [0, 0.05) is 3.92 Å². The van der Waals surface area contributed by atoms with Crippen molar-refractivity contribution in [2.75, 3.05) is 0 Å². The Balaban J connectivity index is 2.51. The van der Waals surface area contributed by atoms with E-state index in [1.54, 1.807) is 0 Å². The van der Waals surface area contributed by atoms with Crippen molar-refractivity contribution in [3.8, 4) is 0 Å². The molecule has 0 aromatic carbocycles. The molecule has 0 N–H and O–H groups in total. The molecule has 1 aliphatic rings. The second-order valence-corrected chi connectivity index (χ2v) is 5.60. The highest BCUT2D eigenvalue weighted by molar-refractivity contribution is 14.1. The van der Waals surface area contributed by atoms with Gasteiger partial charge in [0.15, 0.2) is 0 Å². The van der Waals surface area contributed by atoms with Crippen LogP contribution in [0.3, 0.4) is 0 Å². The highest BCUT2D eigenvalue weighted by Gasteiger charge is 2.30. The summed E-state index contributed by atoms with van der Waals surface area (Å²) in [7, 11) is 0. The number of halogens is 1.